The Morgan fingerprint density at radius 3 is 2.47 bits per heavy atom. The van der Waals surface area contributed by atoms with Crippen LogP contribution in [0, 0.1) is 0 Å². The zero-order chi connectivity index (χ0) is 11.1. The number of amides is 2. The van der Waals surface area contributed by atoms with Gasteiger partial charge in [0.1, 0.15) is 0 Å². The van der Waals surface area contributed by atoms with Crippen molar-refractivity contribution in [3.05, 3.63) is 35.4 Å². The van der Waals surface area contributed by atoms with E-state index in [0.717, 1.165) is 11.1 Å². The number of hydrazine groups is 1. The summed E-state index contributed by atoms with van der Waals surface area (Å²) in [5, 5.41) is 2.57. The first-order valence-electron chi connectivity index (χ1n) is 4.40. The monoisotopic (exact) mass is 205 g/mol. The molecule has 0 aliphatic heterocycles. The first kappa shape index (κ1) is 11.5. The molecule has 0 saturated heterocycles. The molecule has 0 fully saturated rings. The van der Waals surface area contributed by atoms with E-state index in [9.17, 15) is 4.79 Å². The topological polar surface area (TPSA) is 76.4 Å². The molecule has 1 aromatic carbocycles. The van der Waals surface area contributed by atoms with E-state index in [4.69, 9.17) is 13.9 Å². The summed E-state index contributed by atoms with van der Waals surface area (Å²) in [6.45, 7) is 0.795. The van der Waals surface area contributed by atoms with E-state index < -0.39 is 6.03 Å². The minimum absolute atomic E-state index is 0.372. The van der Waals surface area contributed by atoms with Crippen LogP contribution in [0.4, 0.5) is 4.79 Å². The Bertz CT molecular complexity index is 316. The quantitative estimate of drug-likeness (QED) is 0.279. The van der Waals surface area contributed by atoms with Crippen LogP contribution in [0.15, 0.2) is 24.3 Å². The van der Waals surface area contributed by atoms with Gasteiger partial charge in [0.25, 0.3) is 8.05 Å². The molecule has 15 heavy (non-hydrogen) atoms. The molecule has 0 unspecified atom stereocenters. The summed E-state index contributed by atoms with van der Waals surface area (Å²) in [6, 6.07) is 7.11. The number of hydrogen-bond acceptors (Lipinski definition) is 3. The third-order valence-electron chi connectivity index (χ3n) is 1.86. The summed E-state index contributed by atoms with van der Waals surface area (Å²) in [5.41, 5.74) is 3.93. The molecule has 1 aromatic rings. The van der Waals surface area contributed by atoms with Crippen LogP contribution in [-0.4, -0.2) is 14.1 Å². The van der Waals surface area contributed by atoms with Gasteiger partial charge in [0, 0.05) is 6.54 Å². The van der Waals surface area contributed by atoms with Crippen LogP contribution in [0.2, 0.25) is 0 Å². The van der Waals surface area contributed by atoms with E-state index in [1.807, 2.05) is 29.7 Å². The Morgan fingerprint density at radius 1 is 1.33 bits per heavy atom. The van der Waals surface area contributed by atoms with Gasteiger partial charge in [0.15, 0.2) is 0 Å². The molecule has 4 N–H and O–H groups in total. The second-order valence-corrected chi connectivity index (χ2v) is 2.95. The lowest BCUT2D eigenvalue weighted by atomic mass is 10.1. The SMILES string of the molecule is [B]OCc1ccc(CNC(=O)NN)cc1. The van der Waals surface area contributed by atoms with Gasteiger partial charge in [-0.25, -0.2) is 10.6 Å². The standard InChI is InChI=1S/C9H12BN3O2/c10-15-6-8-3-1-7(2-4-8)5-12-9(14)13-11/h1-4H,5-6,11H2,(H2,12,13,14). The summed E-state index contributed by atoms with van der Waals surface area (Å²) in [4.78, 5) is 10.8. The maximum absolute atomic E-state index is 10.8. The number of urea groups is 1. The average molecular weight is 205 g/mol. The summed E-state index contributed by atoms with van der Waals surface area (Å²) in [5.74, 6) is 4.91. The Morgan fingerprint density at radius 2 is 1.93 bits per heavy atom. The third-order valence-corrected chi connectivity index (χ3v) is 1.86. The molecule has 0 aliphatic carbocycles. The highest BCUT2D eigenvalue weighted by molar-refractivity contribution is 5.97. The minimum Gasteiger partial charge on any atom is -0.444 e. The lowest BCUT2D eigenvalue weighted by Gasteiger charge is -2.05. The predicted octanol–water partition coefficient (Wildman–Crippen LogP) is -0.0404. The van der Waals surface area contributed by atoms with Crippen molar-refractivity contribution in [2.75, 3.05) is 0 Å². The number of hydrogen-bond donors (Lipinski definition) is 3. The van der Waals surface area contributed by atoms with E-state index >= 15 is 0 Å². The van der Waals surface area contributed by atoms with Gasteiger partial charge < -0.3 is 9.97 Å². The Balaban J connectivity index is 2.45. The zero-order valence-corrected chi connectivity index (χ0v) is 8.19. The van der Waals surface area contributed by atoms with Gasteiger partial charge in [-0.1, -0.05) is 24.3 Å². The second-order valence-electron chi connectivity index (χ2n) is 2.95. The summed E-state index contributed by atoms with van der Waals surface area (Å²) >= 11 is 0. The summed E-state index contributed by atoms with van der Waals surface area (Å²) in [6.07, 6.45) is 0. The van der Waals surface area contributed by atoms with Crippen LogP contribution in [0.5, 0.6) is 0 Å². The first-order chi connectivity index (χ1) is 7.26. The number of carbonyl (C=O) groups excluding carboxylic acids is 1. The van der Waals surface area contributed by atoms with E-state index in [1.54, 1.807) is 0 Å². The summed E-state index contributed by atoms with van der Waals surface area (Å²) < 4.78 is 4.49. The molecule has 0 heterocycles. The Kier molecular flexibility index (Phi) is 4.66. The first-order valence-corrected chi connectivity index (χ1v) is 4.40. The van der Waals surface area contributed by atoms with Crippen molar-refractivity contribution in [1.29, 1.82) is 0 Å². The molecule has 0 aliphatic rings. The number of carbonyl (C=O) groups is 1. The number of benzene rings is 1. The fourth-order valence-electron chi connectivity index (χ4n) is 1.08. The smallest absolute Gasteiger partial charge is 0.329 e. The number of rotatable bonds is 4. The molecule has 2 radical (unpaired) electrons. The van der Waals surface area contributed by atoms with Crippen molar-refractivity contribution in [2.24, 2.45) is 5.84 Å². The average Bonchev–Trinajstić information content (AvgIpc) is 2.28. The minimum atomic E-state index is -0.413. The van der Waals surface area contributed by atoms with Crippen LogP contribution in [0.25, 0.3) is 0 Å². The van der Waals surface area contributed by atoms with Crippen molar-refractivity contribution in [3.8, 4) is 0 Å². The number of nitrogens with one attached hydrogen (secondary N) is 2. The second kappa shape index (κ2) is 6.05. The van der Waals surface area contributed by atoms with Gasteiger partial charge in [-0.2, -0.15) is 0 Å². The Labute approximate surface area is 89.4 Å². The van der Waals surface area contributed by atoms with Crippen molar-refractivity contribution in [3.63, 3.8) is 0 Å². The third kappa shape index (κ3) is 4.01. The van der Waals surface area contributed by atoms with Crippen LogP contribution >= 0.6 is 0 Å². The molecular formula is C9H12BN3O2. The van der Waals surface area contributed by atoms with Gasteiger partial charge in [-0.3, -0.25) is 5.43 Å². The zero-order valence-electron chi connectivity index (χ0n) is 8.19. The highest BCUT2D eigenvalue weighted by Gasteiger charge is 1.97. The number of nitrogens with two attached hydrogens (primary N) is 1. The van der Waals surface area contributed by atoms with E-state index in [1.165, 1.54) is 0 Å². The molecule has 5 nitrogen and oxygen atoms in total. The lowest BCUT2D eigenvalue weighted by Crippen LogP contribution is -2.39. The largest absolute Gasteiger partial charge is 0.444 e. The molecule has 0 aromatic heterocycles. The molecule has 1 rings (SSSR count). The predicted molar refractivity (Wildman–Crippen MR) is 56.5 cm³/mol. The van der Waals surface area contributed by atoms with Gasteiger partial charge in [0.2, 0.25) is 0 Å². The van der Waals surface area contributed by atoms with Crippen LogP contribution in [-0.2, 0) is 17.8 Å². The molecule has 78 valence electrons. The van der Waals surface area contributed by atoms with Gasteiger partial charge in [-0.05, 0) is 11.1 Å². The van der Waals surface area contributed by atoms with Crippen molar-refractivity contribution < 1.29 is 9.45 Å². The lowest BCUT2D eigenvalue weighted by molar-refractivity contribution is 0.241. The maximum Gasteiger partial charge on any atom is 0.329 e. The molecular weight excluding hydrogens is 193 g/mol. The fraction of sp³-hybridized carbons (Fsp3) is 0.222. The van der Waals surface area contributed by atoms with E-state index in [2.05, 4.69) is 9.97 Å². The highest BCUT2D eigenvalue weighted by atomic mass is 16.4. The molecule has 6 heteroatoms. The summed E-state index contributed by atoms with van der Waals surface area (Å²) in [7, 11) is 4.94. The van der Waals surface area contributed by atoms with Crippen molar-refractivity contribution in [2.45, 2.75) is 13.2 Å². The van der Waals surface area contributed by atoms with Gasteiger partial charge in [0.05, 0.1) is 6.61 Å². The van der Waals surface area contributed by atoms with E-state index in [-0.39, 0.29) is 0 Å². The molecule has 0 atom stereocenters. The molecule has 2 amide bonds. The normalized spacial score (nSPS) is 9.67. The van der Waals surface area contributed by atoms with Crippen molar-refractivity contribution >= 4 is 14.1 Å². The van der Waals surface area contributed by atoms with Crippen LogP contribution in [0.3, 0.4) is 0 Å². The van der Waals surface area contributed by atoms with E-state index in [0.29, 0.717) is 13.2 Å². The Hall–Kier alpha value is -1.53. The highest BCUT2D eigenvalue weighted by Crippen LogP contribution is 2.04. The van der Waals surface area contributed by atoms with Gasteiger partial charge >= 0.3 is 6.03 Å². The van der Waals surface area contributed by atoms with Crippen LogP contribution < -0.4 is 16.6 Å². The van der Waals surface area contributed by atoms with Crippen molar-refractivity contribution in [1.82, 2.24) is 10.7 Å². The van der Waals surface area contributed by atoms with Gasteiger partial charge in [-0.15, -0.1) is 0 Å². The fourth-order valence-corrected chi connectivity index (χ4v) is 1.08. The van der Waals surface area contributed by atoms with Crippen LogP contribution in [0.1, 0.15) is 11.1 Å². The molecule has 0 spiro atoms. The molecule has 0 bridgehead atoms. The maximum atomic E-state index is 10.8. The molecule has 0 saturated carbocycles.